The Bertz CT molecular complexity index is 979. The molecule has 0 fully saturated rings. The smallest absolute Gasteiger partial charge is 0.277 e. The molecule has 1 N–H and O–H groups in total. The predicted octanol–water partition coefficient (Wildman–Crippen LogP) is 4.53. The van der Waals surface area contributed by atoms with E-state index in [1.165, 1.54) is 11.8 Å². The lowest BCUT2D eigenvalue weighted by Crippen LogP contribution is -2.22. The van der Waals surface area contributed by atoms with Crippen molar-refractivity contribution in [3.63, 3.8) is 0 Å². The van der Waals surface area contributed by atoms with E-state index in [2.05, 4.69) is 15.5 Å². The molecule has 7 nitrogen and oxygen atoms in total. The molecule has 1 atom stereocenters. The number of halogens is 1. The maximum absolute atomic E-state index is 12.4. The van der Waals surface area contributed by atoms with Gasteiger partial charge in [-0.2, -0.15) is 0 Å². The summed E-state index contributed by atoms with van der Waals surface area (Å²) < 4.78 is 16.2. The van der Waals surface area contributed by atoms with Gasteiger partial charge in [0.2, 0.25) is 11.8 Å². The second kappa shape index (κ2) is 8.99. The highest BCUT2D eigenvalue weighted by molar-refractivity contribution is 8.00. The van der Waals surface area contributed by atoms with E-state index < -0.39 is 5.25 Å². The molecule has 1 aromatic heterocycles. The molecule has 2 aromatic carbocycles. The van der Waals surface area contributed by atoms with E-state index in [1.54, 1.807) is 63.6 Å². The Morgan fingerprint density at radius 3 is 2.64 bits per heavy atom. The van der Waals surface area contributed by atoms with Gasteiger partial charge >= 0.3 is 0 Å². The number of rotatable bonds is 7. The third-order valence-corrected chi connectivity index (χ3v) is 4.95. The van der Waals surface area contributed by atoms with E-state index in [9.17, 15) is 4.79 Å². The SMILES string of the molecule is COc1ccc(-c2nnc(SC(C)C(=O)Nc3cccc(Cl)c3)o2)cc1OC. The highest BCUT2D eigenvalue weighted by Crippen LogP contribution is 2.33. The van der Waals surface area contributed by atoms with Gasteiger partial charge in [-0.15, -0.1) is 10.2 Å². The zero-order chi connectivity index (χ0) is 20.1. The zero-order valence-electron chi connectivity index (χ0n) is 15.4. The fraction of sp³-hybridized carbons (Fsp3) is 0.211. The van der Waals surface area contributed by atoms with E-state index in [0.717, 1.165) is 0 Å². The van der Waals surface area contributed by atoms with Gasteiger partial charge in [0.1, 0.15) is 0 Å². The molecule has 3 rings (SSSR count). The molecule has 0 aliphatic rings. The number of hydrogen-bond acceptors (Lipinski definition) is 7. The van der Waals surface area contributed by atoms with Crippen molar-refractivity contribution in [2.45, 2.75) is 17.4 Å². The Hall–Kier alpha value is -2.71. The Morgan fingerprint density at radius 1 is 1.14 bits per heavy atom. The molecule has 0 spiro atoms. The lowest BCUT2D eigenvalue weighted by Gasteiger charge is -2.10. The van der Waals surface area contributed by atoms with Crippen molar-refractivity contribution in [3.8, 4) is 23.0 Å². The van der Waals surface area contributed by atoms with Gasteiger partial charge in [-0.05, 0) is 43.3 Å². The van der Waals surface area contributed by atoms with E-state index in [0.29, 0.717) is 38.9 Å². The molecule has 9 heteroatoms. The molecule has 1 heterocycles. The second-order valence-corrected chi connectivity index (χ2v) is 7.43. The Morgan fingerprint density at radius 2 is 1.93 bits per heavy atom. The van der Waals surface area contributed by atoms with Gasteiger partial charge in [0.15, 0.2) is 11.5 Å². The average molecular weight is 420 g/mol. The third kappa shape index (κ3) is 4.76. The Kier molecular flexibility index (Phi) is 6.43. The fourth-order valence-electron chi connectivity index (χ4n) is 2.36. The molecule has 0 aliphatic heterocycles. The predicted molar refractivity (Wildman–Crippen MR) is 108 cm³/mol. The number of ether oxygens (including phenoxy) is 2. The summed E-state index contributed by atoms with van der Waals surface area (Å²) in [6.45, 7) is 1.75. The zero-order valence-corrected chi connectivity index (χ0v) is 17.0. The van der Waals surface area contributed by atoms with E-state index >= 15 is 0 Å². The molecule has 0 saturated carbocycles. The van der Waals surface area contributed by atoms with Gasteiger partial charge in [-0.1, -0.05) is 29.4 Å². The minimum atomic E-state index is -0.447. The lowest BCUT2D eigenvalue weighted by atomic mass is 10.2. The van der Waals surface area contributed by atoms with Crippen LogP contribution in [0.25, 0.3) is 11.5 Å². The van der Waals surface area contributed by atoms with Crippen LogP contribution in [0.15, 0.2) is 52.1 Å². The molecule has 0 radical (unpaired) electrons. The van der Waals surface area contributed by atoms with Gasteiger partial charge in [-0.25, -0.2) is 0 Å². The number of aromatic nitrogens is 2. The van der Waals surface area contributed by atoms with Crippen LogP contribution in [0.2, 0.25) is 5.02 Å². The average Bonchev–Trinajstić information content (AvgIpc) is 3.15. The number of carbonyl (C=O) groups is 1. The largest absolute Gasteiger partial charge is 0.493 e. The van der Waals surface area contributed by atoms with Crippen molar-refractivity contribution in [3.05, 3.63) is 47.5 Å². The highest BCUT2D eigenvalue weighted by atomic mass is 35.5. The van der Waals surface area contributed by atoms with Crippen LogP contribution >= 0.6 is 23.4 Å². The summed E-state index contributed by atoms with van der Waals surface area (Å²) in [7, 11) is 3.12. The number of nitrogens with zero attached hydrogens (tertiary/aromatic N) is 2. The molecular formula is C19H18ClN3O4S. The number of methoxy groups -OCH3 is 2. The van der Waals surface area contributed by atoms with Crippen LogP contribution in [0.5, 0.6) is 11.5 Å². The number of amides is 1. The van der Waals surface area contributed by atoms with E-state index in [4.69, 9.17) is 25.5 Å². The first-order valence-electron chi connectivity index (χ1n) is 8.29. The number of anilines is 1. The van der Waals surface area contributed by atoms with E-state index in [1.807, 2.05) is 0 Å². The molecule has 0 bridgehead atoms. The minimum Gasteiger partial charge on any atom is -0.493 e. The molecule has 1 unspecified atom stereocenters. The van der Waals surface area contributed by atoms with Gasteiger partial charge in [0.25, 0.3) is 5.22 Å². The summed E-state index contributed by atoms with van der Waals surface area (Å²) in [5.41, 5.74) is 1.31. The molecule has 0 aliphatic carbocycles. The molecular weight excluding hydrogens is 402 g/mol. The monoisotopic (exact) mass is 419 g/mol. The summed E-state index contributed by atoms with van der Waals surface area (Å²) in [6, 6.07) is 12.2. The standard InChI is InChI=1S/C19H18ClN3O4S/c1-11(17(24)21-14-6-4-5-13(20)10-14)28-19-23-22-18(27-19)12-7-8-15(25-2)16(9-12)26-3/h4-11H,1-3H3,(H,21,24). The summed E-state index contributed by atoms with van der Waals surface area (Å²) in [4.78, 5) is 12.4. The molecule has 0 saturated heterocycles. The number of thioether (sulfide) groups is 1. The third-order valence-electron chi connectivity index (χ3n) is 3.78. The van der Waals surface area contributed by atoms with Crippen LogP contribution in [-0.2, 0) is 4.79 Å². The van der Waals surface area contributed by atoms with Crippen LogP contribution in [0, 0.1) is 0 Å². The quantitative estimate of drug-likeness (QED) is 0.563. The first-order valence-corrected chi connectivity index (χ1v) is 9.55. The van der Waals surface area contributed by atoms with Crippen molar-refractivity contribution in [2.75, 3.05) is 19.5 Å². The van der Waals surface area contributed by atoms with Gasteiger partial charge in [0.05, 0.1) is 19.5 Å². The number of hydrogen-bond donors (Lipinski definition) is 1. The van der Waals surface area contributed by atoms with Gasteiger partial charge in [-0.3, -0.25) is 4.79 Å². The molecule has 3 aromatic rings. The summed E-state index contributed by atoms with van der Waals surface area (Å²) in [6.07, 6.45) is 0. The maximum atomic E-state index is 12.4. The Labute approximate surface area is 171 Å². The normalized spacial score (nSPS) is 11.7. The second-order valence-electron chi connectivity index (χ2n) is 5.70. The highest BCUT2D eigenvalue weighted by Gasteiger charge is 2.19. The first kappa shape index (κ1) is 20.0. The van der Waals surface area contributed by atoms with Crippen molar-refractivity contribution in [2.24, 2.45) is 0 Å². The van der Waals surface area contributed by atoms with Gasteiger partial charge in [0, 0.05) is 16.3 Å². The van der Waals surface area contributed by atoms with Crippen molar-refractivity contribution in [1.82, 2.24) is 10.2 Å². The summed E-state index contributed by atoms with van der Waals surface area (Å²) >= 11 is 7.10. The van der Waals surface area contributed by atoms with Crippen LogP contribution < -0.4 is 14.8 Å². The van der Waals surface area contributed by atoms with Crippen molar-refractivity contribution >= 4 is 35.0 Å². The summed E-state index contributed by atoms with van der Waals surface area (Å²) in [5, 5.41) is 11.2. The Balaban J connectivity index is 1.67. The number of carbonyl (C=O) groups excluding carboxylic acids is 1. The lowest BCUT2D eigenvalue weighted by molar-refractivity contribution is -0.115. The fourth-order valence-corrected chi connectivity index (χ4v) is 3.23. The summed E-state index contributed by atoms with van der Waals surface area (Å²) in [5.74, 6) is 1.29. The van der Waals surface area contributed by atoms with Gasteiger partial charge < -0.3 is 19.2 Å². The molecule has 146 valence electrons. The minimum absolute atomic E-state index is 0.196. The van der Waals surface area contributed by atoms with Crippen molar-refractivity contribution < 1.29 is 18.7 Å². The molecule has 28 heavy (non-hydrogen) atoms. The van der Waals surface area contributed by atoms with Crippen LogP contribution in [0.4, 0.5) is 5.69 Å². The first-order chi connectivity index (χ1) is 13.5. The van der Waals surface area contributed by atoms with E-state index in [-0.39, 0.29) is 5.91 Å². The number of nitrogens with one attached hydrogen (secondary N) is 1. The van der Waals surface area contributed by atoms with Crippen molar-refractivity contribution in [1.29, 1.82) is 0 Å². The number of benzene rings is 2. The topological polar surface area (TPSA) is 86.5 Å². The van der Waals surface area contributed by atoms with Crippen LogP contribution in [0.3, 0.4) is 0 Å². The van der Waals surface area contributed by atoms with Crippen LogP contribution in [0.1, 0.15) is 6.92 Å². The van der Waals surface area contributed by atoms with Crippen LogP contribution in [-0.4, -0.2) is 35.6 Å². The molecule has 1 amide bonds. The maximum Gasteiger partial charge on any atom is 0.277 e.